The predicted molar refractivity (Wildman–Crippen MR) is 79.2 cm³/mol. The number of nitrogens with one attached hydrogen (secondary N) is 1. The molecule has 0 bridgehead atoms. The normalized spacial score (nSPS) is 10.8. The highest BCUT2D eigenvalue weighted by Crippen LogP contribution is 2.17. The lowest BCUT2D eigenvalue weighted by atomic mass is 10.2. The third kappa shape index (κ3) is 6.84. The van der Waals surface area contributed by atoms with E-state index < -0.39 is 0 Å². The number of unbranched alkanes of at least 4 members (excludes halogenated alkanes) is 1. The van der Waals surface area contributed by atoms with Crippen molar-refractivity contribution in [1.82, 2.24) is 10.3 Å². The number of aryl methyl sites for hydroxylation is 1. The van der Waals surface area contributed by atoms with Crippen LogP contribution in [-0.2, 0) is 16.0 Å². The SMILES string of the molecule is COCCCCOc1ccc(C)nc1CNCCOC. The molecule has 0 aliphatic rings. The maximum atomic E-state index is 5.81. The lowest BCUT2D eigenvalue weighted by Gasteiger charge is -2.12. The second kappa shape index (κ2) is 10.6. The van der Waals surface area contributed by atoms with Crippen LogP contribution in [0.25, 0.3) is 0 Å². The fourth-order valence-electron chi connectivity index (χ4n) is 1.77. The molecule has 0 radical (unpaired) electrons. The lowest BCUT2D eigenvalue weighted by molar-refractivity contribution is 0.183. The predicted octanol–water partition coefficient (Wildman–Crippen LogP) is 1.93. The standard InChI is InChI=1S/C15H26N2O3/c1-13-6-7-15(20-10-5-4-9-18-2)14(17-13)12-16-8-11-19-3/h6-7,16H,4-5,8-12H2,1-3H3. The fourth-order valence-corrected chi connectivity index (χ4v) is 1.77. The smallest absolute Gasteiger partial charge is 0.142 e. The molecule has 0 aliphatic heterocycles. The van der Waals surface area contributed by atoms with Crippen molar-refractivity contribution in [2.45, 2.75) is 26.3 Å². The molecule has 114 valence electrons. The summed E-state index contributed by atoms with van der Waals surface area (Å²) in [7, 11) is 3.41. The minimum Gasteiger partial charge on any atom is -0.492 e. The number of methoxy groups -OCH3 is 2. The van der Waals surface area contributed by atoms with Crippen molar-refractivity contribution in [3.05, 3.63) is 23.5 Å². The van der Waals surface area contributed by atoms with Crippen molar-refractivity contribution in [2.75, 3.05) is 40.6 Å². The zero-order chi connectivity index (χ0) is 14.6. The minimum atomic E-state index is 0.693. The summed E-state index contributed by atoms with van der Waals surface area (Å²) < 4.78 is 15.8. The molecule has 0 aromatic carbocycles. The minimum absolute atomic E-state index is 0.693. The molecule has 0 saturated heterocycles. The van der Waals surface area contributed by atoms with Gasteiger partial charge >= 0.3 is 0 Å². The molecule has 0 aliphatic carbocycles. The zero-order valence-electron chi connectivity index (χ0n) is 12.8. The Morgan fingerprint density at radius 2 is 1.80 bits per heavy atom. The molecule has 5 heteroatoms. The van der Waals surface area contributed by atoms with Crippen molar-refractivity contribution in [2.24, 2.45) is 0 Å². The number of hydrogen-bond acceptors (Lipinski definition) is 5. The molecule has 0 atom stereocenters. The van der Waals surface area contributed by atoms with Gasteiger partial charge in [0.2, 0.25) is 0 Å². The number of rotatable bonds is 11. The number of ether oxygens (including phenoxy) is 3. The highest BCUT2D eigenvalue weighted by molar-refractivity contribution is 5.29. The van der Waals surface area contributed by atoms with E-state index in [1.807, 2.05) is 19.1 Å². The molecule has 1 N–H and O–H groups in total. The van der Waals surface area contributed by atoms with Gasteiger partial charge in [-0.25, -0.2) is 0 Å². The first-order chi connectivity index (χ1) is 9.77. The fraction of sp³-hybridized carbons (Fsp3) is 0.667. The average Bonchev–Trinajstić information content (AvgIpc) is 2.45. The van der Waals surface area contributed by atoms with Gasteiger partial charge in [-0.05, 0) is 31.9 Å². The summed E-state index contributed by atoms with van der Waals surface area (Å²) in [6.45, 7) is 5.65. The van der Waals surface area contributed by atoms with Crippen LogP contribution in [-0.4, -0.2) is 45.6 Å². The molecule has 0 saturated carbocycles. The Labute approximate surface area is 121 Å². The van der Waals surface area contributed by atoms with E-state index >= 15 is 0 Å². The largest absolute Gasteiger partial charge is 0.492 e. The Balaban J connectivity index is 2.42. The van der Waals surface area contributed by atoms with Gasteiger partial charge in [0.05, 0.1) is 18.9 Å². The van der Waals surface area contributed by atoms with Crippen molar-refractivity contribution in [3.63, 3.8) is 0 Å². The number of pyridine rings is 1. The Bertz CT molecular complexity index is 372. The molecule has 1 aromatic rings. The lowest BCUT2D eigenvalue weighted by Crippen LogP contribution is -2.20. The summed E-state index contributed by atoms with van der Waals surface area (Å²) in [5.41, 5.74) is 1.95. The first kappa shape index (κ1) is 16.9. The van der Waals surface area contributed by atoms with Crippen LogP contribution < -0.4 is 10.1 Å². The maximum absolute atomic E-state index is 5.81. The zero-order valence-corrected chi connectivity index (χ0v) is 12.8. The summed E-state index contributed by atoms with van der Waals surface area (Å²) in [5.74, 6) is 0.859. The molecule has 0 fully saturated rings. The molecular weight excluding hydrogens is 256 g/mol. The Morgan fingerprint density at radius 3 is 2.55 bits per heavy atom. The van der Waals surface area contributed by atoms with Crippen LogP contribution in [0.3, 0.4) is 0 Å². The van der Waals surface area contributed by atoms with Crippen molar-refractivity contribution < 1.29 is 14.2 Å². The van der Waals surface area contributed by atoms with E-state index in [1.165, 1.54) is 0 Å². The first-order valence-corrected chi connectivity index (χ1v) is 7.06. The Kier molecular flexibility index (Phi) is 8.95. The van der Waals surface area contributed by atoms with Gasteiger partial charge in [-0.1, -0.05) is 0 Å². The van der Waals surface area contributed by atoms with Gasteiger partial charge < -0.3 is 19.5 Å². The molecule has 0 unspecified atom stereocenters. The number of hydrogen-bond donors (Lipinski definition) is 1. The van der Waals surface area contributed by atoms with Gasteiger partial charge in [-0.15, -0.1) is 0 Å². The third-order valence-electron chi connectivity index (χ3n) is 2.85. The quantitative estimate of drug-likeness (QED) is 0.629. The van der Waals surface area contributed by atoms with E-state index in [0.717, 1.165) is 43.1 Å². The molecular formula is C15H26N2O3. The van der Waals surface area contributed by atoms with E-state index in [9.17, 15) is 0 Å². The van der Waals surface area contributed by atoms with Crippen molar-refractivity contribution in [1.29, 1.82) is 0 Å². The molecule has 0 spiro atoms. The summed E-state index contributed by atoms with van der Waals surface area (Å²) in [6, 6.07) is 3.97. The van der Waals surface area contributed by atoms with E-state index in [0.29, 0.717) is 19.8 Å². The molecule has 5 nitrogen and oxygen atoms in total. The van der Waals surface area contributed by atoms with E-state index in [1.54, 1.807) is 14.2 Å². The Hall–Kier alpha value is -1.17. The highest BCUT2D eigenvalue weighted by Gasteiger charge is 2.05. The second-order valence-corrected chi connectivity index (χ2v) is 4.62. The first-order valence-electron chi connectivity index (χ1n) is 7.06. The van der Waals surface area contributed by atoms with Crippen molar-refractivity contribution >= 4 is 0 Å². The molecule has 20 heavy (non-hydrogen) atoms. The van der Waals surface area contributed by atoms with Gasteiger partial charge in [0, 0.05) is 39.6 Å². The van der Waals surface area contributed by atoms with E-state index in [-0.39, 0.29) is 0 Å². The number of nitrogens with zero attached hydrogens (tertiary/aromatic N) is 1. The van der Waals surface area contributed by atoms with Crippen LogP contribution in [0.5, 0.6) is 5.75 Å². The van der Waals surface area contributed by atoms with Crippen LogP contribution in [0.2, 0.25) is 0 Å². The average molecular weight is 282 g/mol. The number of aromatic nitrogens is 1. The summed E-state index contributed by atoms with van der Waals surface area (Å²) in [5, 5.41) is 3.29. The highest BCUT2D eigenvalue weighted by atomic mass is 16.5. The molecule has 0 amide bonds. The molecule has 1 rings (SSSR count). The maximum Gasteiger partial charge on any atom is 0.142 e. The van der Waals surface area contributed by atoms with E-state index in [4.69, 9.17) is 14.2 Å². The molecule has 1 heterocycles. The van der Waals surface area contributed by atoms with Crippen LogP contribution >= 0.6 is 0 Å². The van der Waals surface area contributed by atoms with Gasteiger partial charge in [0.25, 0.3) is 0 Å². The third-order valence-corrected chi connectivity index (χ3v) is 2.85. The van der Waals surface area contributed by atoms with Gasteiger partial charge in [0.1, 0.15) is 5.75 Å². The monoisotopic (exact) mass is 282 g/mol. The van der Waals surface area contributed by atoms with Gasteiger partial charge in [-0.2, -0.15) is 0 Å². The van der Waals surface area contributed by atoms with Gasteiger partial charge in [-0.3, -0.25) is 4.98 Å². The van der Waals surface area contributed by atoms with Crippen LogP contribution in [0, 0.1) is 6.92 Å². The molecule has 1 aromatic heterocycles. The Morgan fingerprint density at radius 1 is 1.05 bits per heavy atom. The van der Waals surface area contributed by atoms with Gasteiger partial charge in [0.15, 0.2) is 0 Å². The van der Waals surface area contributed by atoms with Crippen LogP contribution in [0.15, 0.2) is 12.1 Å². The topological polar surface area (TPSA) is 52.6 Å². The van der Waals surface area contributed by atoms with Crippen LogP contribution in [0.4, 0.5) is 0 Å². The summed E-state index contributed by atoms with van der Waals surface area (Å²) in [6.07, 6.45) is 2.00. The van der Waals surface area contributed by atoms with Crippen LogP contribution in [0.1, 0.15) is 24.2 Å². The van der Waals surface area contributed by atoms with Crippen molar-refractivity contribution in [3.8, 4) is 5.75 Å². The summed E-state index contributed by atoms with van der Waals surface area (Å²) in [4.78, 5) is 4.53. The second-order valence-electron chi connectivity index (χ2n) is 4.62. The van der Waals surface area contributed by atoms with E-state index in [2.05, 4.69) is 10.3 Å². The summed E-state index contributed by atoms with van der Waals surface area (Å²) >= 11 is 0.